The fourth-order valence-electron chi connectivity index (χ4n) is 3.87. The van der Waals surface area contributed by atoms with E-state index in [1.165, 1.54) is 37.5 Å². The highest BCUT2D eigenvalue weighted by Crippen LogP contribution is 2.49. The smallest absolute Gasteiger partial charge is 0.252 e. The molecule has 3 N–H and O–H groups in total. The van der Waals surface area contributed by atoms with Gasteiger partial charge in [-0.05, 0) is 56.8 Å². The van der Waals surface area contributed by atoms with E-state index in [0.29, 0.717) is 23.1 Å². The molecule has 3 fully saturated rings. The van der Waals surface area contributed by atoms with E-state index in [9.17, 15) is 9.59 Å². The first-order chi connectivity index (χ1) is 11.6. The van der Waals surface area contributed by atoms with Crippen molar-refractivity contribution in [3.05, 3.63) is 29.1 Å². The zero-order valence-corrected chi connectivity index (χ0v) is 13.8. The van der Waals surface area contributed by atoms with Gasteiger partial charge in [0.25, 0.3) is 5.91 Å². The number of nitrogens with one attached hydrogen (secondary N) is 1. The maximum atomic E-state index is 13.0. The molecule has 0 aromatic carbocycles. The highest BCUT2D eigenvalue weighted by Gasteiger charge is 2.38. The van der Waals surface area contributed by atoms with Gasteiger partial charge in [-0.25, -0.2) is 0 Å². The Bertz CT molecular complexity index is 671. The van der Waals surface area contributed by atoms with Crippen molar-refractivity contribution in [2.45, 2.75) is 51.0 Å². The molecule has 2 aliphatic carbocycles. The summed E-state index contributed by atoms with van der Waals surface area (Å²) in [7, 11) is 0. The Balaban J connectivity index is 1.59. The van der Waals surface area contributed by atoms with Gasteiger partial charge < -0.3 is 10.6 Å². The fourth-order valence-corrected chi connectivity index (χ4v) is 3.87. The molecular weight excluding hydrogens is 304 g/mol. The van der Waals surface area contributed by atoms with Crippen LogP contribution in [0.15, 0.2) is 17.8 Å². The third kappa shape index (κ3) is 2.97. The number of aromatic amines is 1. The molecule has 0 bridgehead atoms. The Hall–Kier alpha value is -2.11. The minimum Gasteiger partial charge on any atom is -0.365 e. The maximum Gasteiger partial charge on any atom is 0.252 e. The maximum absolute atomic E-state index is 13.0. The molecule has 3 aliphatic rings. The quantitative estimate of drug-likeness (QED) is 0.812. The summed E-state index contributed by atoms with van der Waals surface area (Å²) >= 11 is 0. The predicted molar refractivity (Wildman–Crippen MR) is 88.9 cm³/mol. The van der Waals surface area contributed by atoms with E-state index in [1.807, 2.05) is 11.0 Å². The standard InChI is InChI=1S/C18H24N4O2/c19-18(24)14-10-20-21-17(14)15-3-1-2-8-22(15)16(23)9-13(11-4-5-11)12-6-7-12/h9-12,15H,1-8H2,(H2,19,24)(H,20,21). The van der Waals surface area contributed by atoms with Crippen LogP contribution in [0.5, 0.6) is 0 Å². The highest BCUT2D eigenvalue weighted by atomic mass is 16.2. The molecule has 0 spiro atoms. The van der Waals surface area contributed by atoms with Gasteiger partial charge in [0.1, 0.15) is 0 Å². The summed E-state index contributed by atoms with van der Waals surface area (Å²) in [6.45, 7) is 0.722. The first-order valence-corrected chi connectivity index (χ1v) is 9.00. The van der Waals surface area contributed by atoms with Crippen molar-refractivity contribution in [1.82, 2.24) is 15.1 Å². The minimum atomic E-state index is -0.496. The van der Waals surface area contributed by atoms with Crippen LogP contribution in [-0.2, 0) is 4.79 Å². The van der Waals surface area contributed by atoms with Gasteiger partial charge in [-0.1, -0.05) is 5.57 Å². The number of rotatable bonds is 5. The number of carbonyl (C=O) groups is 2. The number of amides is 2. The third-order valence-electron chi connectivity index (χ3n) is 5.44. The number of likely N-dealkylation sites (tertiary alicyclic amines) is 1. The lowest BCUT2D eigenvalue weighted by molar-refractivity contribution is -0.129. The van der Waals surface area contributed by atoms with E-state index < -0.39 is 5.91 Å². The van der Waals surface area contributed by atoms with Gasteiger partial charge in [0.05, 0.1) is 23.5 Å². The number of allylic oxidation sites excluding steroid dienone is 1. The van der Waals surface area contributed by atoms with Gasteiger partial charge in [-0.15, -0.1) is 0 Å². The van der Waals surface area contributed by atoms with E-state index >= 15 is 0 Å². The lowest BCUT2D eigenvalue weighted by atomic mass is 9.96. The second-order valence-electron chi connectivity index (χ2n) is 7.30. The molecule has 2 amide bonds. The number of hydrogen-bond acceptors (Lipinski definition) is 3. The second kappa shape index (κ2) is 6.07. The van der Waals surface area contributed by atoms with Crippen LogP contribution < -0.4 is 5.73 Å². The van der Waals surface area contributed by atoms with Gasteiger partial charge in [0, 0.05) is 12.6 Å². The van der Waals surface area contributed by atoms with Crippen molar-refractivity contribution in [3.8, 4) is 0 Å². The van der Waals surface area contributed by atoms with Gasteiger partial charge in [-0.2, -0.15) is 5.10 Å². The van der Waals surface area contributed by atoms with Crippen LogP contribution >= 0.6 is 0 Å². The first-order valence-electron chi connectivity index (χ1n) is 9.00. The topological polar surface area (TPSA) is 92.1 Å². The van der Waals surface area contributed by atoms with Gasteiger partial charge >= 0.3 is 0 Å². The molecule has 1 aliphatic heterocycles. The number of primary amides is 1. The van der Waals surface area contributed by atoms with Crippen LogP contribution in [0.3, 0.4) is 0 Å². The lowest BCUT2D eigenvalue weighted by Gasteiger charge is -2.35. The predicted octanol–water partition coefficient (Wildman–Crippen LogP) is 2.31. The molecular formula is C18H24N4O2. The molecule has 1 saturated heterocycles. The summed E-state index contributed by atoms with van der Waals surface area (Å²) in [5, 5.41) is 6.87. The van der Waals surface area contributed by atoms with Crippen LogP contribution in [-0.4, -0.2) is 33.5 Å². The lowest BCUT2D eigenvalue weighted by Crippen LogP contribution is -2.38. The van der Waals surface area contributed by atoms with E-state index in [4.69, 9.17) is 5.73 Å². The van der Waals surface area contributed by atoms with Crippen LogP contribution in [0.2, 0.25) is 0 Å². The fraction of sp³-hybridized carbons (Fsp3) is 0.611. The molecule has 128 valence electrons. The Morgan fingerprint density at radius 2 is 1.88 bits per heavy atom. The zero-order chi connectivity index (χ0) is 16.7. The summed E-state index contributed by atoms with van der Waals surface area (Å²) in [5.74, 6) is 0.860. The van der Waals surface area contributed by atoms with Gasteiger partial charge in [-0.3, -0.25) is 14.7 Å². The van der Waals surface area contributed by atoms with E-state index in [0.717, 1.165) is 25.8 Å². The summed E-state index contributed by atoms with van der Waals surface area (Å²) in [5.41, 5.74) is 7.89. The molecule has 1 unspecified atom stereocenters. The summed E-state index contributed by atoms with van der Waals surface area (Å²) in [6, 6.07) is -0.132. The molecule has 1 aromatic rings. The molecule has 1 atom stereocenters. The molecule has 0 radical (unpaired) electrons. The van der Waals surface area contributed by atoms with Crippen LogP contribution in [0.25, 0.3) is 0 Å². The Morgan fingerprint density at radius 1 is 1.17 bits per heavy atom. The van der Waals surface area contributed by atoms with E-state index in [-0.39, 0.29) is 11.9 Å². The van der Waals surface area contributed by atoms with Crippen LogP contribution in [0, 0.1) is 11.8 Å². The molecule has 6 nitrogen and oxygen atoms in total. The Labute approximate surface area is 141 Å². The normalized spacial score (nSPS) is 23.8. The molecule has 6 heteroatoms. The SMILES string of the molecule is NC(=O)c1cn[nH]c1C1CCCCN1C(=O)C=C(C1CC1)C1CC1. The monoisotopic (exact) mass is 328 g/mol. The second-order valence-corrected chi connectivity index (χ2v) is 7.30. The summed E-state index contributed by atoms with van der Waals surface area (Å²) < 4.78 is 0. The van der Waals surface area contributed by atoms with Crippen molar-refractivity contribution >= 4 is 11.8 Å². The zero-order valence-electron chi connectivity index (χ0n) is 13.8. The number of carbonyl (C=O) groups excluding carboxylic acids is 2. The van der Waals surface area contributed by atoms with Crippen LogP contribution in [0.4, 0.5) is 0 Å². The number of nitrogens with two attached hydrogens (primary N) is 1. The number of hydrogen-bond donors (Lipinski definition) is 2. The van der Waals surface area contributed by atoms with Crippen molar-refractivity contribution in [2.75, 3.05) is 6.54 Å². The summed E-state index contributed by atoms with van der Waals surface area (Å²) in [6.07, 6.45) is 11.1. The average molecular weight is 328 g/mol. The summed E-state index contributed by atoms with van der Waals surface area (Å²) in [4.78, 5) is 26.5. The molecule has 24 heavy (non-hydrogen) atoms. The van der Waals surface area contributed by atoms with Crippen molar-refractivity contribution < 1.29 is 9.59 Å². The number of piperidine rings is 1. The van der Waals surface area contributed by atoms with Crippen molar-refractivity contribution in [1.29, 1.82) is 0 Å². The largest absolute Gasteiger partial charge is 0.365 e. The number of nitrogens with zero attached hydrogens (tertiary/aromatic N) is 2. The molecule has 2 saturated carbocycles. The van der Waals surface area contributed by atoms with Gasteiger partial charge in [0.15, 0.2) is 0 Å². The van der Waals surface area contributed by atoms with E-state index in [1.54, 1.807) is 0 Å². The average Bonchev–Trinajstić information content (AvgIpc) is 3.51. The van der Waals surface area contributed by atoms with Gasteiger partial charge in [0.2, 0.25) is 5.91 Å². The molecule has 2 heterocycles. The number of aromatic nitrogens is 2. The molecule has 1 aromatic heterocycles. The Morgan fingerprint density at radius 3 is 2.50 bits per heavy atom. The Kier molecular flexibility index (Phi) is 3.90. The first kappa shape index (κ1) is 15.4. The van der Waals surface area contributed by atoms with Crippen molar-refractivity contribution in [3.63, 3.8) is 0 Å². The third-order valence-corrected chi connectivity index (χ3v) is 5.44. The van der Waals surface area contributed by atoms with Crippen molar-refractivity contribution in [2.24, 2.45) is 17.6 Å². The van der Waals surface area contributed by atoms with E-state index in [2.05, 4.69) is 10.2 Å². The molecule has 4 rings (SSSR count). The number of H-pyrrole nitrogens is 1. The van der Waals surface area contributed by atoms with Crippen LogP contribution in [0.1, 0.15) is 67.0 Å². The minimum absolute atomic E-state index is 0.0820. The highest BCUT2D eigenvalue weighted by molar-refractivity contribution is 5.94.